The zero-order valence-corrected chi connectivity index (χ0v) is 18.6. The molecule has 1 aliphatic rings. The molecule has 2 atom stereocenters. The lowest BCUT2D eigenvalue weighted by atomic mass is 9.75. The number of aliphatic imine (C=N–C) groups is 1. The number of nitrogens with zero attached hydrogens (tertiary/aromatic N) is 2. The molecule has 1 heterocycles. The summed E-state index contributed by atoms with van der Waals surface area (Å²) in [6.45, 7) is 6.30. The molecule has 0 aliphatic carbocycles. The van der Waals surface area contributed by atoms with E-state index in [4.69, 9.17) is 9.47 Å². The van der Waals surface area contributed by atoms with Gasteiger partial charge in [0.05, 0.1) is 24.5 Å². The molecule has 0 spiro atoms. The number of carbonyl (C=O) groups is 2. The number of hydrogen-bond acceptors (Lipinski definition) is 6. The fourth-order valence-electron chi connectivity index (χ4n) is 3.40. The van der Waals surface area contributed by atoms with Crippen molar-refractivity contribution in [3.05, 3.63) is 45.6 Å². The highest BCUT2D eigenvalue weighted by Gasteiger charge is 2.43. The minimum absolute atomic E-state index is 0.243. The van der Waals surface area contributed by atoms with Crippen molar-refractivity contribution in [2.45, 2.75) is 26.7 Å². The molecule has 1 aromatic rings. The van der Waals surface area contributed by atoms with Gasteiger partial charge in [0.15, 0.2) is 0 Å². The quantitative estimate of drug-likeness (QED) is 0.593. The van der Waals surface area contributed by atoms with Gasteiger partial charge in [-0.1, -0.05) is 34.1 Å². The Labute approximate surface area is 174 Å². The van der Waals surface area contributed by atoms with E-state index < -0.39 is 23.8 Å². The van der Waals surface area contributed by atoms with Crippen LogP contribution in [0.1, 0.15) is 32.3 Å². The molecular formula is C21H27BrN2O4. The fourth-order valence-corrected chi connectivity index (χ4v) is 3.94. The molecule has 6 nitrogen and oxygen atoms in total. The number of ether oxygens (including phenoxy) is 2. The average molecular weight is 451 g/mol. The molecule has 1 aromatic carbocycles. The van der Waals surface area contributed by atoms with E-state index in [1.165, 1.54) is 0 Å². The summed E-state index contributed by atoms with van der Waals surface area (Å²) >= 11 is 3.58. The van der Waals surface area contributed by atoms with Gasteiger partial charge in [-0.15, -0.1) is 0 Å². The van der Waals surface area contributed by atoms with E-state index in [2.05, 4.69) is 20.9 Å². The van der Waals surface area contributed by atoms with Gasteiger partial charge in [-0.05, 0) is 46.5 Å². The van der Waals surface area contributed by atoms with Crippen molar-refractivity contribution >= 4 is 33.6 Å². The third-order valence-corrected chi connectivity index (χ3v) is 5.18. The second-order valence-corrected chi connectivity index (χ2v) is 7.66. The average Bonchev–Trinajstić information content (AvgIpc) is 2.61. The molecule has 2 rings (SSSR count). The lowest BCUT2D eigenvalue weighted by molar-refractivity contribution is -0.146. The first kappa shape index (κ1) is 22.3. The zero-order chi connectivity index (χ0) is 20.8. The number of halogens is 1. The van der Waals surface area contributed by atoms with Crippen LogP contribution < -0.4 is 0 Å². The highest BCUT2D eigenvalue weighted by atomic mass is 79.9. The van der Waals surface area contributed by atoms with E-state index in [1.54, 1.807) is 13.8 Å². The number of esters is 2. The van der Waals surface area contributed by atoms with Crippen molar-refractivity contribution in [1.29, 1.82) is 0 Å². The Morgan fingerprint density at radius 2 is 1.79 bits per heavy atom. The first-order valence-electron chi connectivity index (χ1n) is 9.32. The molecule has 28 heavy (non-hydrogen) atoms. The largest absolute Gasteiger partial charge is 0.465 e. The molecule has 7 heteroatoms. The summed E-state index contributed by atoms with van der Waals surface area (Å²) in [5.41, 5.74) is 2.48. The van der Waals surface area contributed by atoms with Crippen LogP contribution >= 0.6 is 15.9 Å². The van der Waals surface area contributed by atoms with Crippen LogP contribution in [0.15, 0.2) is 45.0 Å². The molecule has 2 unspecified atom stereocenters. The summed E-state index contributed by atoms with van der Waals surface area (Å²) in [4.78, 5) is 32.4. The van der Waals surface area contributed by atoms with Crippen LogP contribution in [0, 0.1) is 5.92 Å². The van der Waals surface area contributed by atoms with Crippen LogP contribution in [0.4, 0.5) is 0 Å². The predicted molar refractivity (Wildman–Crippen MR) is 112 cm³/mol. The van der Waals surface area contributed by atoms with Gasteiger partial charge < -0.3 is 14.4 Å². The minimum Gasteiger partial charge on any atom is -0.465 e. The molecule has 0 bridgehead atoms. The van der Waals surface area contributed by atoms with Crippen molar-refractivity contribution in [1.82, 2.24) is 4.90 Å². The number of carbonyl (C=O) groups excluding carboxylic acids is 2. The van der Waals surface area contributed by atoms with E-state index >= 15 is 0 Å². The second-order valence-electron chi connectivity index (χ2n) is 6.80. The van der Waals surface area contributed by atoms with Gasteiger partial charge in [0.1, 0.15) is 5.92 Å². The standard InChI is InChI=1S/C21H27BrN2O4/c1-6-27-20(25)17-13(3)23-16(12-24(4)5)19(21(26)28-7-2)18(17)14-10-8-9-11-15(14)22/h8-11,17-18H,6-7,12H2,1-5H3. The normalized spacial score (nSPS) is 19.5. The lowest BCUT2D eigenvalue weighted by Crippen LogP contribution is -2.38. The zero-order valence-electron chi connectivity index (χ0n) is 17.0. The molecule has 0 aromatic heterocycles. The Balaban J connectivity index is 2.74. The Bertz CT molecular complexity index is 801. The molecule has 0 saturated heterocycles. The molecule has 0 amide bonds. The van der Waals surface area contributed by atoms with Gasteiger partial charge in [0.2, 0.25) is 0 Å². The monoisotopic (exact) mass is 450 g/mol. The van der Waals surface area contributed by atoms with Crippen molar-refractivity contribution < 1.29 is 19.1 Å². The van der Waals surface area contributed by atoms with Gasteiger partial charge in [0.25, 0.3) is 0 Å². The number of rotatable bonds is 7. The second kappa shape index (κ2) is 9.98. The van der Waals surface area contributed by atoms with Crippen molar-refractivity contribution in [2.24, 2.45) is 10.9 Å². The van der Waals surface area contributed by atoms with Gasteiger partial charge in [-0.2, -0.15) is 0 Å². The van der Waals surface area contributed by atoms with Crippen molar-refractivity contribution in [2.75, 3.05) is 33.9 Å². The van der Waals surface area contributed by atoms with E-state index in [0.29, 0.717) is 23.5 Å². The third-order valence-electron chi connectivity index (χ3n) is 4.46. The summed E-state index contributed by atoms with van der Waals surface area (Å²) in [6, 6.07) is 7.59. The van der Waals surface area contributed by atoms with Gasteiger partial charge in [-0.25, -0.2) is 4.79 Å². The van der Waals surface area contributed by atoms with Gasteiger partial charge in [0, 0.05) is 22.6 Å². The molecule has 0 saturated carbocycles. The van der Waals surface area contributed by atoms with Crippen molar-refractivity contribution in [3.63, 3.8) is 0 Å². The van der Waals surface area contributed by atoms with Crippen LogP contribution in [0.25, 0.3) is 0 Å². The molecule has 0 N–H and O–H groups in total. The van der Waals surface area contributed by atoms with Crippen LogP contribution in [-0.4, -0.2) is 56.4 Å². The SMILES string of the molecule is CCOC(=O)C1=C(CN(C)C)N=C(C)C(C(=O)OCC)C1c1ccccc1Br. The summed E-state index contributed by atoms with van der Waals surface area (Å²) in [7, 11) is 3.82. The topological polar surface area (TPSA) is 68.2 Å². The minimum atomic E-state index is -0.691. The molecular weight excluding hydrogens is 424 g/mol. The maximum atomic E-state index is 13.0. The smallest absolute Gasteiger partial charge is 0.336 e. The van der Waals surface area contributed by atoms with Crippen LogP contribution in [0.5, 0.6) is 0 Å². The highest BCUT2D eigenvalue weighted by Crippen LogP contribution is 2.42. The van der Waals surface area contributed by atoms with Crippen LogP contribution in [0.3, 0.4) is 0 Å². The van der Waals surface area contributed by atoms with Gasteiger partial charge >= 0.3 is 11.9 Å². The van der Waals surface area contributed by atoms with E-state index in [-0.39, 0.29) is 13.2 Å². The lowest BCUT2D eigenvalue weighted by Gasteiger charge is -2.33. The first-order chi connectivity index (χ1) is 13.3. The predicted octanol–water partition coefficient (Wildman–Crippen LogP) is 3.57. The summed E-state index contributed by atoms with van der Waals surface area (Å²) in [6.07, 6.45) is 0. The van der Waals surface area contributed by atoms with Crippen LogP contribution in [0.2, 0.25) is 0 Å². The number of hydrogen-bond donors (Lipinski definition) is 0. The molecule has 1 aliphatic heterocycles. The Kier molecular flexibility index (Phi) is 7.95. The maximum Gasteiger partial charge on any atom is 0.336 e. The Morgan fingerprint density at radius 3 is 2.36 bits per heavy atom. The van der Waals surface area contributed by atoms with Crippen LogP contribution in [-0.2, 0) is 19.1 Å². The molecule has 0 fully saturated rings. The molecule has 0 radical (unpaired) electrons. The van der Waals surface area contributed by atoms with E-state index in [1.807, 2.05) is 50.2 Å². The van der Waals surface area contributed by atoms with Gasteiger partial charge in [-0.3, -0.25) is 9.79 Å². The summed E-state index contributed by atoms with van der Waals surface area (Å²) in [5.74, 6) is -2.08. The Hall–Kier alpha value is -1.99. The summed E-state index contributed by atoms with van der Waals surface area (Å²) in [5, 5.41) is 0. The number of likely N-dealkylation sites (N-methyl/N-ethyl adjacent to an activating group) is 1. The highest BCUT2D eigenvalue weighted by molar-refractivity contribution is 9.10. The molecule has 152 valence electrons. The Morgan fingerprint density at radius 1 is 1.14 bits per heavy atom. The first-order valence-corrected chi connectivity index (χ1v) is 10.1. The van der Waals surface area contributed by atoms with E-state index in [9.17, 15) is 9.59 Å². The van der Waals surface area contributed by atoms with E-state index in [0.717, 1.165) is 10.0 Å². The van der Waals surface area contributed by atoms with Crippen molar-refractivity contribution in [3.8, 4) is 0 Å². The maximum absolute atomic E-state index is 13.0. The third kappa shape index (κ3) is 4.89. The number of benzene rings is 1. The summed E-state index contributed by atoms with van der Waals surface area (Å²) < 4.78 is 11.5. The fraction of sp³-hybridized carbons (Fsp3) is 0.476.